The normalized spacial score (nSPS) is 14.7. The van der Waals surface area contributed by atoms with Gasteiger partial charge >= 0.3 is 11.9 Å². The summed E-state index contributed by atoms with van der Waals surface area (Å²) in [6, 6.07) is 4.89. The Labute approximate surface area is 126 Å². The number of nitro benzene ring substituents is 1. The van der Waals surface area contributed by atoms with Gasteiger partial charge in [-0.25, -0.2) is 9.59 Å². The molecule has 0 aliphatic carbocycles. The van der Waals surface area contributed by atoms with Crippen LogP contribution in [0, 0.1) is 10.1 Å². The summed E-state index contributed by atoms with van der Waals surface area (Å²) in [5.74, 6) is -2.99. The van der Waals surface area contributed by atoms with Crippen molar-refractivity contribution in [2.45, 2.75) is 38.4 Å². The molecule has 0 bridgehead atoms. The second-order valence-electron chi connectivity index (χ2n) is 4.89. The summed E-state index contributed by atoms with van der Waals surface area (Å²) in [5.41, 5.74) is -2.65. The molecule has 0 spiro atoms. The number of non-ortho nitro benzene ring substituents is 1. The summed E-state index contributed by atoms with van der Waals surface area (Å²) < 4.78 is 4.88. The number of nitro groups is 1. The number of ether oxygens (including phenoxy) is 1. The van der Waals surface area contributed by atoms with Crippen molar-refractivity contribution in [2.75, 3.05) is 0 Å². The molecule has 0 aliphatic rings. The van der Waals surface area contributed by atoms with Crippen molar-refractivity contribution in [2.24, 2.45) is 0 Å². The molecule has 8 nitrogen and oxygen atoms in total. The third-order valence-electron chi connectivity index (χ3n) is 3.18. The summed E-state index contributed by atoms with van der Waals surface area (Å²) in [6.45, 7) is 3.32. The topological polar surface area (TPSA) is 127 Å². The van der Waals surface area contributed by atoms with Crippen LogP contribution < -0.4 is 0 Å². The fraction of sp³-hybridized carbons (Fsp3) is 0.429. The molecule has 1 aromatic carbocycles. The zero-order valence-corrected chi connectivity index (χ0v) is 12.2. The minimum Gasteiger partial charge on any atom is -0.479 e. The van der Waals surface area contributed by atoms with Gasteiger partial charge in [-0.15, -0.1) is 0 Å². The van der Waals surface area contributed by atoms with Crippen LogP contribution in [-0.4, -0.2) is 38.8 Å². The number of rotatable bonds is 7. The largest absolute Gasteiger partial charge is 0.479 e. The lowest BCUT2D eigenvalue weighted by Crippen LogP contribution is -2.50. The maximum absolute atomic E-state index is 11.9. The van der Waals surface area contributed by atoms with Crippen LogP contribution in [0.25, 0.3) is 0 Å². The molecular weight excluding hydrogens is 294 g/mol. The van der Waals surface area contributed by atoms with Gasteiger partial charge in [0.05, 0.1) is 11.0 Å². The first kappa shape index (κ1) is 17.6. The molecule has 0 fully saturated rings. The van der Waals surface area contributed by atoms with Gasteiger partial charge in [-0.1, -0.05) is 19.1 Å². The van der Waals surface area contributed by atoms with Crippen LogP contribution in [0.1, 0.15) is 25.8 Å². The Morgan fingerprint density at radius 1 is 1.36 bits per heavy atom. The molecule has 2 unspecified atom stereocenters. The van der Waals surface area contributed by atoms with Gasteiger partial charge in [0.15, 0.2) is 0 Å². The quantitative estimate of drug-likeness (QED) is 0.336. The van der Waals surface area contributed by atoms with Crippen LogP contribution in [-0.2, 0) is 20.7 Å². The van der Waals surface area contributed by atoms with Gasteiger partial charge in [-0.2, -0.15) is 0 Å². The molecule has 1 aromatic rings. The van der Waals surface area contributed by atoms with E-state index in [1.54, 1.807) is 13.8 Å². The lowest BCUT2D eigenvalue weighted by atomic mass is 9.94. The van der Waals surface area contributed by atoms with Gasteiger partial charge in [0.1, 0.15) is 0 Å². The number of carbonyl (C=O) groups is 2. The molecular formula is C14H17NO7. The number of carboxylic acid groups (broad SMARTS) is 1. The molecule has 0 amide bonds. The van der Waals surface area contributed by atoms with Gasteiger partial charge in [0, 0.05) is 18.6 Å². The molecule has 8 heteroatoms. The van der Waals surface area contributed by atoms with Crippen LogP contribution in [0.5, 0.6) is 0 Å². The van der Waals surface area contributed by atoms with E-state index in [0.29, 0.717) is 6.42 Å². The van der Waals surface area contributed by atoms with E-state index >= 15 is 0 Å². The highest BCUT2D eigenvalue weighted by Crippen LogP contribution is 2.20. The molecule has 2 N–H and O–H groups in total. The minimum absolute atomic E-state index is 0.176. The van der Waals surface area contributed by atoms with E-state index in [9.17, 15) is 24.8 Å². The number of carboxylic acids is 1. The van der Waals surface area contributed by atoms with E-state index in [1.165, 1.54) is 12.1 Å². The highest BCUT2D eigenvalue weighted by Gasteiger charge is 2.46. The predicted octanol–water partition coefficient (Wildman–Crippen LogP) is 1.29. The average molecular weight is 311 g/mol. The lowest BCUT2D eigenvalue weighted by Gasteiger charge is -2.23. The Balaban J connectivity index is 2.98. The van der Waals surface area contributed by atoms with Crippen molar-refractivity contribution in [1.82, 2.24) is 0 Å². The van der Waals surface area contributed by atoms with Gasteiger partial charge in [-0.3, -0.25) is 10.1 Å². The fourth-order valence-electron chi connectivity index (χ4n) is 1.63. The Hall–Kier alpha value is -2.48. The molecule has 0 aromatic heterocycles. The molecule has 0 saturated heterocycles. The third-order valence-corrected chi connectivity index (χ3v) is 3.18. The van der Waals surface area contributed by atoms with Gasteiger partial charge in [0.2, 0.25) is 0 Å². The maximum atomic E-state index is 11.9. The zero-order chi connectivity index (χ0) is 16.9. The zero-order valence-electron chi connectivity index (χ0n) is 12.2. The fourth-order valence-corrected chi connectivity index (χ4v) is 1.63. The first-order valence-electron chi connectivity index (χ1n) is 6.61. The maximum Gasteiger partial charge on any atom is 0.350 e. The molecule has 0 radical (unpaired) electrons. The van der Waals surface area contributed by atoms with E-state index < -0.39 is 35.0 Å². The molecule has 22 heavy (non-hydrogen) atoms. The van der Waals surface area contributed by atoms with E-state index in [0.717, 1.165) is 12.1 Å². The number of esters is 1. The van der Waals surface area contributed by atoms with Crippen molar-refractivity contribution in [3.63, 3.8) is 0 Å². The Morgan fingerprint density at radius 2 is 1.91 bits per heavy atom. The number of nitrogens with zero attached hydrogens (tertiary/aromatic N) is 1. The van der Waals surface area contributed by atoms with Crippen molar-refractivity contribution >= 4 is 17.6 Å². The van der Waals surface area contributed by atoms with E-state index in [1.807, 2.05) is 0 Å². The average Bonchev–Trinajstić information content (AvgIpc) is 2.47. The molecule has 2 atom stereocenters. The standard InChI is InChI=1S/C14H17NO7/c1-3-9(2)22-13(18)14(19,12(16)17)8-10-4-6-11(7-5-10)15(20)21/h4-7,9,19H,3,8H2,1-2H3,(H,16,17). The Kier molecular flexibility index (Phi) is 5.58. The van der Waals surface area contributed by atoms with Gasteiger partial charge < -0.3 is 14.9 Å². The number of hydrogen-bond acceptors (Lipinski definition) is 6. The molecule has 1 rings (SSSR count). The molecule has 0 heterocycles. The van der Waals surface area contributed by atoms with Crippen LogP contribution >= 0.6 is 0 Å². The number of aliphatic carboxylic acids is 1. The van der Waals surface area contributed by atoms with Crippen molar-refractivity contribution < 1.29 is 29.5 Å². The summed E-state index contributed by atoms with van der Waals surface area (Å²) >= 11 is 0. The van der Waals surface area contributed by atoms with Crippen molar-refractivity contribution in [1.29, 1.82) is 0 Å². The van der Waals surface area contributed by atoms with Gasteiger partial charge in [0.25, 0.3) is 11.3 Å². The summed E-state index contributed by atoms with van der Waals surface area (Å²) in [4.78, 5) is 33.1. The van der Waals surface area contributed by atoms with Crippen molar-refractivity contribution in [3.8, 4) is 0 Å². The highest BCUT2D eigenvalue weighted by atomic mass is 16.6. The summed E-state index contributed by atoms with van der Waals surface area (Å²) in [6.07, 6.45) is -0.607. The molecule has 0 saturated carbocycles. The summed E-state index contributed by atoms with van der Waals surface area (Å²) in [5, 5.41) is 29.8. The minimum atomic E-state index is -2.74. The Morgan fingerprint density at radius 3 is 2.32 bits per heavy atom. The Bertz CT molecular complexity index is 569. The van der Waals surface area contributed by atoms with Crippen LogP contribution in [0.2, 0.25) is 0 Å². The molecule has 0 aliphatic heterocycles. The van der Waals surface area contributed by atoms with Crippen LogP contribution in [0.3, 0.4) is 0 Å². The molecule has 120 valence electrons. The van der Waals surface area contributed by atoms with E-state index in [-0.39, 0.29) is 11.3 Å². The highest BCUT2D eigenvalue weighted by molar-refractivity contribution is 6.02. The number of hydrogen-bond donors (Lipinski definition) is 2. The SMILES string of the molecule is CCC(C)OC(=O)C(O)(Cc1ccc([N+](=O)[O-])cc1)C(=O)O. The van der Waals surface area contributed by atoms with E-state index in [2.05, 4.69) is 0 Å². The number of benzene rings is 1. The van der Waals surface area contributed by atoms with Crippen LogP contribution in [0.4, 0.5) is 5.69 Å². The number of carbonyl (C=O) groups excluding carboxylic acids is 1. The summed E-state index contributed by atoms with van der Waals surface area (Å²) in [7, 11) is 0. The predicted molar refractivity (Wildman–Crippen MR) is 75.2 cm³/mol. The first-order chi connectivity index (χ1) is 10.2. The monoisotopic (exact) mass is 311 g/mol. The lowest BCUT2D eigenvalue weighted by molar-refractivity contribution is -0.384. The first-order valence-corrected chi connectivity index (χ1v) is 6.61. The van der Waals surface area contributed by atoms with Crippen LogP contribution in [0.15, 0.2) is 24.3 Å². The van der Waals surface area contributed by atoms with Gasteiger partial charge in [-0.05, 0) is 18.9 Å². The third kappa shape index (κ3) is 4.01. The van der Waals surface area contributed by atoms with Crippen molar-refractivity contribution in [3.05, 3.63) is 39.9 Å². The van der Waals surface area contributed by atoms with E-state index in [4.69, 9.17) is 9.84 Å². The smallest absolute Gasteiger partial charge is 0.350 e. The number of aliphatic hydroxyl groups is 1. The second kappa shape index (κ2) is 6.99. The second-order valence-corrected chi connectivity index (χ2v) is 4.89.